The van der Waals surface area contributed by atoms with E-state index >= 15 is 0 Å². The molecule has 0 aliphatic carbocycles. The number of piperazine rings is 1. The van der Waals surface area contributed by atoms with Gasteiger partial charge in [0.2, 0.25) is 0 Å². The number of para-hydroxylation sites is 1. The van der Waals surface area contributed by atoms with E-state index in [2.05, 4.69) is 16.3 Å². The number of anilines is 2. The number of hydrogen-bond donors (Lipinski definition) is 1. The Bertz CT molecular complexity index is 826. The van der Waals surface area contributed by atoms with Gasteiger partial charge in [-0.05, 0) is 30.3 Å². The van der Waals surface area contributed by atoms with Gasteiger partial charge in [-0.25, -0.2) is 4.79 Å². The lowest BCUT2D eigenvalue weighted by atomic mass is 10.2. The fourth-order valence-electron chi connectivity index (χ4n) is 2.76. The predicted octanol–water partition coefficient (Wildman–Crippen LogP) is 4.22. The lowest BCUT2D eigenvalue weighted by Gasteiger charge is -2.36. The Labute approximate surface area is 156 Å². The van der Waals surface area contributed by atoms with E-state index < -0.39 is 0 Å². The zero-order chi connectivity index (χ0) is 17.8. The van der Waals surface area contributed by atoms with Gasteiger partial charge in [0, 0.05) is 31.2 Å². The smallest absolute Gasteiger partial charge is 0.322 e. The number of nitriles is 1. The molecule has 25 heavy (non-hydrogen) atoms. The maximum atomic E-state index is 12.4. The Hall–Kier alpha value is -2.42. The fraction of sp³-hybridized carbons (Fsp3) is 0.222. The molecule has 0 aromatic heterocycles. The van der Waals surface area contributed by atoms with E-state index in [1.54, 1.807) is 41.3 Å². The Morgan fingerprint density at radius 3 is 2.52 bits per heavy atom. The van der Waals surface area contributed by atoms with Crippen LogP contribution in [0.15, 0.2) is 42.5 Å². The molecule has 1 aliphatic heterocycles. The third-order valence-electron chi connectivity index (χ3n) is 4.10. The summed E-state index contributed by atoms with van der Waals surface area (Å²) in [6, 6.07) is 14.2. The van der Waals surface area contributed by atoms with Crippen molar-refractivity contribution in [3.63, 3.8) is 0 Å². The quantitative estimate of drug-likeness (QED) is 0.855. The van der Waals surface area contributed by atoms with Crippen LogP contribution >= 0.6 is 23.2 Å². The van der Waals surface area contributed by atoms with E-state index in [4.69, 9.17) is 28.5 Å². The zero-order valence-electron chi connectivity index (χ0n) is 13.4. The van der Waals surface area contributed by atoms with Crippen LogP contribution in [0, 0.1) is 11.3 Å². The highest BCUT2D eigenvalue weighted by Crippen LogP contribution is 2.29. The molecule has 0 saturated carbocycles. The maximum absolute atomic E-state index is 12.4. The summed E-state index contributed by atoms with van der Waals surface area (Å²) in [4.78, 5) is 16.3. The van der Waals surface area contributed by atoms with Crippen molar-refractivity contribution in [1.82, 2.24) is 4.90 Å². The zero-order valence-corrected chi connectivity index (χ0v) is 14.9. The topological polar surface area (TPSA) is 59.4 Å². The Morgan fingerprint density at radius 1 is 1.08 bits per heavy atom. The van der Waals surface area contributed by atoms with Gasteiger partial charge in [0.1, 0.15) is 6.07 Å². The molecule has 1 aliphatic rings. The van der Waals surface area contributed by atoms with Crippen LogP contribution in [-0.2, 0) is 0 Å². The molecule has 0 unspecified atom stereocenters. The average Bonchev–Trinajstić information content (AvgIpc) is 2.64. The normalized spacial score (nSPS) is 14.1. The molecule has 0 radical (unpaired) electrons. The van der Waals surface area contributed by atoms with Crippen LogP contribution in [0.3, 0.4) is 0 Å². The molecule has 5 nitrogen and oxygen atoms in total. The van der Waals surface area contributed by atoms with Crippen molar-refractivity contribution in [3.8, 4) is 6.07 Å². The second-order valence-electron chi connectivity index (χ2n) is 5.66. The predicted molar refractivity (Wildman–Crippen MR) is 100 cm³/mol. The summed E-state index contributed by atoms with van der Waals surface area (Å²) in [7, 11) is 0. The van der Waals surface area contributed by atoms with E-state index in [9.17, 15) is 4.79 Å². The highest BCUT2D eigenvalue weighted by Gasteiger charge is 2.23. The van der Waals surface area contributed by atoms with Gasteiger partial charge < -0.3 is 15.1 Å². The Morgan fingerprint density at radius 2 is 1.80 bits per heavy atom. The SMILES string of the molecule is N#Cc1ccccc1NC(=O)N1CCN(c2cc(Cl)ccc2Cl)CC1. The first-order valence-electron chi connectivity index (χ1n) is 7.83. The number of halogens is 2. The number of amides is 2. The van der Waals surface area contributed by atoms with Crippen LogP contribution < -0.4 is 10.2 Å². The Balaban J connectivity index is 1.63. The van der Waals surface area contributed by atoms with Gasteiger partial charge in [-0.2, -0.15) is 5.26 Å². The molecule has 0 spiro atoms. The molecular weight excluding hydrogens is 359 g/mol. The van der Waals surface area contributed by atoms with Crippen LogP contribution in [0.2, 0.25) is 10.0 Å². The second-order valence-corrected chi connectivity index (χ2v) is 6.50. The van der Waals surface area contributed by atoms with E-state index in [1.807, 2.05) is 6.07 Å². The number of carbonyl (C=O) groups excluding carboxylic acids is 1. The Kier molecular flexibility index (Phi) is 5.32. The van der Waals surface area contributed by atoms with Gasteiger partial charge in [0.25, 0.3) is 0 Å². The molecule has 128 valence electrons. The average molecular weight is 375 g/mol. The molecule has 3 rings (SSSR count). The van der Waals surface area contributed by atoms with Crippen molar-refractivity contribution in [1.29, 1.82) is 5.26 Å². The van der Waals surface area contributed by atoms with Crippen molar-refractivity contribution >= 4 is 40.6 Å². The molecule has 7 heteroatoms. The van der Waals surface area contributed by atoms with Crippen molar-refractivity contribution in [3.05, 3.63) is 58.1 Å². The largest absolute Gasteiger partial charge is 0.367 e. The van der Waals surface area contributed by atoms with E-state index in [0.29, 0.717) is 47.5 Å². The van der Waals surface area contributed by atoms with E-state index in [0.717, 1.165) is 5.69 Å². The summed E-state index contributed by atoms with van der Waals surface area (Å²) in [5, 5.41) is 13.2. The van der Waals surface area contributed by atoms with Gasteiger partial charge in [0.05, 0.1) is 22.0 Å². The van der Waals surface area contributed by atoms with Gasteiger partial charge in [-0.15, -0.1) is 0 Å². The van der Waals surface area contributed by atoms with E-state index in [-0.39, 0.29) is 6.03 Å². The van der Waals surface area contributed by atoms with Gasteiger partial charge in [-0.3, -0.25) is 0 Å². The van der Waals surface area contributed by atoms with Crippen LogP contribution in [0.1, 0.15) is 5.56 Å². The van der Waals surface area contributed by atoms with Crippen LogP contribution in [0.25, 0.3) is 0 Å². The second kappa shape index (κ2) is 7.64. The molecule has 2 aromatic carbocycles. The molecule has 0 bridgehead atoms. The highest BCUT2D eigenvalue weighted by molar-refractivity contribution is 6.35. The number of urea groups is 1. The molecule has 2 amide bonds. The van der Waals surface area contributed by atoms with Crippen molar-refractivity contribution in [2.75, 3.05) is 36.4 Å². The summed E-state index contributed by atoms with van der Waals surface area (Å²) in [6.07, 6.45) is 0. The molecule has 1 heterocycles. The van der Waals surface area contributed by atoms with Gasteiger partial charge >= 0.3 is 6.03 Å². The number of nitrogens with one attached hydrogen (secondary N) is 1. The minimum absolute atomic E-state index is 0.209. The van der Waals surface area contributed by atoms with Crippen LogP contribution in [-0.4, -0.2) is 37.1 Å². The number of hydrogen-bond acceptors (Lipinski definition) is 3. The lowest BCUT2D eigenvalue weighted by molar-refractivity contribution is 0.208. The molecular formula is C18H16Cl2N4O. The molecule has 1 saturated heterocycles. The number of benzene rings is 2. The summed E-state index contributed by atoms with van der Waals surface area (Å²) in [6.45, 7) is 2.44. The summed E-state index contributed by atoms with van der Waals surface area (Å²) >= 11 is 12.3. The monoisotopic (exact) mass is 374 g/mol. The molecule has 1 N–H and O–H groups in total. The van der Waals surface area contributed by atoms with Crippen molar-refractivity contribution < 1.29 is 4.79 Å². The first kappa shape index (κ1) is 17.4. The van der Waals surface area contributed by atoms with Crippen LogP contribution in [0.4, 0.5) is 16.2 Å². The first-order valence-corrected chi connectivity index (χ1v) is 8.59. The summed E-state index contributed by atoms with van der Waals surface area (Å²) in [5.41, 5.74) is 1.85. The number of carbonyl (C=O) groups is 1. The summed E-state index contributed by atoms with van der Waals surface area (Å²) < 4.78 is 0. The maximum Gasteiger partial charge on any atom is 0.322 e. The first-order chi connectivity index (χ1) is 12.1. The van der Waals surface area contributed by atoms with Gasteiger partial charge in [-0.1, -0.05) is 35.3 Å². The van der Waals surface area contributed by atoms with Gasteiger partial charge in [0.15, 0.2) is 0 Å². The third kappa shape index (κ3) is 3.98. The number of nitrogens with zero attached hydrogens (tertiary/aromatic N) is 3. The van der Waals surface area contributed by atoms with Crippen molar-refractivity contribution in [2.24, 2.45) is 0 Å². The fourth-order valence-corrected chi connectivity index (χ4v) is 3.17. The highest BCUT2D eigenvalue weighted by atomic mass is 35.5. The summed E-state index contributed by atoms with van der Waals surface area (Å²) in [5.74, 6) is 0. The standard InChI is InChI=1S/C18H16Cl2N4O/c19-14-5-6-15(20)17(11-14)23-7-9-24(10-8-23)18(25)22-16-4-2-1-3-13(16)12-21/h1-6,11H,7-10H2,(H,22,25). The third-order valence-corrected chi connectivity index (χ3v) is 4.66. The lowest BCUT2D eigenvalue weighted by Crippen LogP contribution is -2.50. The minimum Gasteiger partial charge on any atom is -0.367 e. The number of rotatable bonds is 2. The molecule has 1 fully saturated rings. The molecule has 0 atom stereocenters. The minimum atomic E-state index is -0.209. The molecule has 2 aromatic rings. The van der Waals surface area contributed by atoms with Crippen molar-refractivity contribution in [2.45, 2.75) is 0 Å². The van der Waals surface area contributed by atoms with E-state index in [1.165, 1.54) is 0 Å². The van der Waals surface area contributed by atoms with Crippen LogP contribution in [0.5, 0.6) is 0 Å².